The molecular formula is C11H21N3O. The van der Waals surface area contributed by atoms with E-state index in [0.29, 0.717) is 6.04 Å². The molecule has 15 heavy (non-hydrogen) atoms. The van der Waals surface area contributed by atoms with Gasteiger partial charge in [0, 0.05) is 18.1 Å². The van der Waals surface area contributed by atoms with Crippen molar-refractivity contribution in [2.24, 2.45) is 0 Å². The number of carbonyl (C=O) groups is 1. The van der Waals surface area contributed by atoms with Crippen molar-refractivity contribution in [2.45, 2.75) is 50.7 Å². The van der Waals surface area contributed by atoms with Gasteiger partial charge in [-0.3, -0.25) is 10.1 Å². The summed E-state index contributed by atoms with van der Waals surface area (Å²) in [5, 5.41) is 9.75. The fraction of sp³-hybridized carbons (Fsp3) is 0.909. The van der Waals surface area contributed by atoms with E-state index in [0.717, 1.165) is 32.4 Å². The molecule has 2 aliphatic rings. The lowest BCUT2D eigenvalue weighted by Crippen LogP contribution is -2.54. The highest BCUT2D eigenvalue weighted by Gasteiger charge is 2.32. The molecule has 2 rings (SSSR count). The number of amides is 1. The predicted molar refractivity (Wildman–Crippen MR) is 59.7 cm³/mol. The largest absolute Gasteiger partial charge is 0.352 e. The van der Waals surface area contributed by atoms with Crippen LogP contribution in [0.3, 0.4) is 0 Å². The molecule has 2 fully saturated rings. The van der Waals surface area contributed by atoms with Crippen LogP contribution in [0.2, 0.25) is 0 Å². The zero-order valence-electron chi connectivity index (χ0n) is 9.60. The van der Waals surface area contributed by atoms with Crippen molar-refractivity contribution in [1.82, 2.24) is 16.0 Å². The van der Waals surface area contributed by atoms with Gasteiger partial charge in [-0.25, -0.2) is 0 Å². The molecule has 0 radical (unpaired) electrons. The van der Waals surface area contributed by atoms with Gasteiger partial charge in [-0.05, 0) is 39.7 Å². The van der Waals surface area contributed by atoms with Gasteiger partial charge in [-0.15, -0.1) is 0 Å². The van der Waals surface area contributed by atoms with E-state index < -0.39 is 0 Å². The van der Waals surface area contributed by atoms with E-state index in [-0.39, 0.29) is 17.5 Å². The summed E-state index contributed by atoms with van der Waals surface area (Å²) in [6, 6.07) is 0.367. The van der Waals surface area contributed by atoms with Crippen LogP contribution >= 0.6 is 0 Å². The first kappa shape index (κ1) is 10.9. The maximum Gasteiger partial charge on any atom is 0.237 e. The molecular weight excluding hydrogens is 190 g/mol. The Balaban J connectivity index is 1.79. The molecule has 4 nitrogen and oxygen atoms in total. The lowest BCUT2D eigenvalue weighted by Gasteiger charge is -2.28. The van der Waals surface area contributed by atoms with Crippen molar-refractivity contribution in [3.05, 3.63) is 0 Å². The summed E-state index contributed by atoms with van der Waals surface area (Å²) in [5.74, 6) is 0.144. The van der Waals surface area contributed by atoms with E-state index in [1.807, 2.05) is 6.92 Å². The second-order valence-electron chi connectivity index (χ2n) is 5.14. The highest BCUT2D eigenvalue weighted by molar-refractivity contribution is 5.81. The summed E-state index contributed by atoms with van der Waals surface area (Å²) in [5.41, 5.74) is 0.0836. The van der Waals surface area contributed by atoms with Crippen LogP contribution in [0.25, 0.3) is 0 Å². The van der Waals surface area contributed by atoms with Crippen LogP contribution in [0.4, 0.5) is 0 Å². The minimum atomic E-state index is -0.0875. The van der Waals surface area contributed by atoms with Crippen molar-refractivity contribution in [3.8, 4) is 0 Å². The molecule has 1 aliphatic heterocycles. The van der Waals surface area contributed by atoms with Gasteiger partial charge in [0.2, 0.25) is 5.91 Å². The molecule has 1 amide bonds. The van der Waals surface area contributed by atoms with Crippen LogP contribution in [0.1, 0.15) is 33.1 Å². The molecule has 4 heteroatoms. The van der Waals surface area contributed by atoms with Gasteiger partial charge in [0.05, 0.1) is 6.04 Å². The van der Waals surface area contributed by atoms with Crippen molar-refractivity contribution in [1.29, 1.82) is 0 Å². The quantitative estimate of drug-likeness (QED) is 0.613. The minimum absolute atomic E-state index is 0.0836. The van der Waals surface area contributed by atoms with E-state index in [1.165, 1.54) is 0 Å². The Morgan fingerprint density at radius 2 is 2.27 bits per heavy atom. The third-order valence-corrected chi connectivity index (χ3v) is 3.25. The maximum atomic E-state index is 11.7. The Kier molecular flexibility index (Phi) is 2.98. The molecule has 1 saturated carbocycles. The van der Waals surface area contributed by atoms with Crippen LogP contribution in [-0.2, 0) is 4.79 Å². The van der Waals surface area contributed by atoms with E-state index in [1.54, 1.807) is 0 Å². The molecule has 0 aromatic heterocycles. The molecule has 1 saturated heterocycles. The Hall–Kier alpha value is -0.610. The third-order valence-electron chi connectivity index (χ3n) is 3.25. The van der Waals surface area contributed by atoms with Gasteiger partial charge in [0.1, 0.15) is 0 Å². The Bertz CT molecular complexity index is 244. The first-order chi connectivity index (χ1) is 7.09. The fourth-order valence-electron chi connectivity index (χ4n) is 2.08. The second-order valence-corrected chi connectivity index (χ2v) is 5.14. The van der Waals surface area contributed by atoms with E-state index in [4.69, 9.17) is 0 Å². The van der Waals surface area contributed by atoms with E-state index in [9.17, 15) is 4.79 Å². The fourth-order valence-corrected chi connectivity index (χ4v) is 2.08. The van der Waals surface area contributed by atoms with Gasteiger partial charge >= 0.3 is 0 Å². The van der Waals surface area contributed by atoms with Crippen LogP contribution in [0.5, 0.6) is 0 Å². The van der Waals surface area contributed by atoms with Crippen LogP contribution in [0.15, 0.2) is 0 Å². The lowest BCUT2D eigenvalue weighted by atomic mass is 10.0. The Labute approximate surface area is 91.2 Å². The standard InChI is InChI=1S/C11H21N3O/c1-8(10(15)13-9-3-4-9)14-11(2)5-6-12-7-11/h8-9,12,14H,3-7H2,1-2H3,(H,13,15). The molecule has 0 spiro atoms. The molecule has 0 aromatic carbocycles. The van der Waals surface area contributed by atoms with Gasteiger partial charge in [0.25, 0.3) is 0 Å². The number of nitrogens with one attached hydrogen (secondary N) is 3. The summed E-state index contributed by atoms with van der Waals surface area (Å²) in [6.07, 6.45) is 3.39. The minimum Gasteiger partial charge on any atom is -0.352 e. The first-order valence-corrected chi connectivity index (χ1v) is 5.88. The SMILES string of the molecule is CC(NC1(C)CCNC1)C(=O)NC1CC1. The van der Waals surface area contributed by atoms with Crippen molar-refractivity contribution in [3.63, 3.8) is 0 Å². The van der Waals surface area contributed by atoms with Crippen molar-refractivity contribution in [2.75, 3.05) is 13.1 Å². The van der Waals surface area contributed by atoms with Gasteiger partial charge in [0.15, 0.2) is 0 Å². The van der Waals surface area contributed by atoms with Gasteiger partial charge < -0.3 is 10.6 Å². The molecule has 2 unspecified atom stereocenters. The normalized spacial score (nSPS) is 32.7. The average molecular weight is 211 g/mol. The van der Waals surface area contributed by atoms with Crippen molar-refractivity contribution >= 4 is 5.91 Å². The summed E-state index contributed by atoms with van der Waals surface area (Å²) < 4.78 is 0. The number of carbonyl (C=O) groups excluding carboxylic acids is 1. The first-order valence-electron chi connectivity index (χ1n) is 5.88. The summed E-state index contributed by atoms with van der Waals surface area (Å²) >= 11 is 0. The van der Waals surface area contributed by atoms with Crippen molar-refractivity contribution < 1.29 is 4.79 Å². The third kappa shape index (κ3) is 2.92. The molecule has 2 atom stereocenters. The topological polar surface area (TPSA) is 53.2 Å². The molecule has 1 heterocycles. The monoisotopic (exact) mass is 211 g/mol. The highest BCUT2D eigenvalue weighted by atomic mass is 16.2. The van der Waals surface area contributed by atoms with E-state index >= 15 is 0 Å². The van der Waals surface area contributed by atoms with Gasteiger partial charge in [-0.2, -0.15) is 0 Å². The van der Waals surface area contributed by atoms with Crippen LogP contribution < -0.4 is 16.0 Å². The zero-order chi connectivity index (χ0) is 10.9. The Morgan fingerprint density at radius 1 is 1.53 bits per heavy atom. The maximum absolute atomic E-state index is 11.7. The zero-order valence-corrected chi connectivity index (χ0v) is 9.60. The average Bonchev–Trinajstić information content (AvgIpc) is 2.88. The number of hydrogen-bond acceptors (Lipinski definition) is 3. The summed E-state index contributed by atoms with van der Waals surface area (Å²) in [6.45, 7) is 6.11. The highest BCUT2D eigenvalue weighted by Crippen LogP contribution is 2.19. The molecule has 0 aromatic rings. The predicted octanol–water partition coefficient (Wildman–Crippen LogP) is -0.00490. The van der Waals surface area contributed by atoms with Crippen LogP contribution in [0, 0.1) is 0 Å². The number of rotatable bonds is 4. The van der Waals surface area contributed by atoms with Crippen LogP contribution in [-0.4, -0.2) is 36.6 Å². The van der Waals surface area contributed by atoms with E-state index in [2.05, 4.69) is 22.9 Å². The summed E-state index contributed by atoms with van der Waals surface area (Å²) in [7, 11) is 0. The van der Waals surface area contributed by atoms with Gasteiger partial charge in [-0.1, -0.05) is 0 Å². The molecule has 0 bridgehead atoms. The summed E-state index contributed by atoms with van der Waals surface area (Å²) in [4.78, 5) is 11.7. The smallest absolute Gasteiger partial charge is 0.237 e. The molecule has 1 aliphatic carbocycles. The lowest BCUT2D eigenvalue weighted by molar-refractivity contribution is -0.123. The molecule has 3 N–H and O–H groups in total. The molecule has 86 valence electrons. The Morgan fingerprint density at radius 3 is 2.80 bits per heavy atom. The second kappa shape index (κ2) is 4.10. The number of hydrogen-bond donors (Lipinski definition) is 3.